The number of aromatic nitrogens is 1. The highest BCUT2D eigenvalue weighted by molar-refractivity contribution is 9.10. The second-order valence-electron chi connectivity index (χ2n) is 3.54. The van der Waals surface area contributed by atoms with Gasteiger partial charge in [-0.25, -0.2) is 0 Å². The van der Waals surface area contributed by atoms with Crippen molar-refractivity contribution in [2.24, 2.45) is 0 Å². The van der Waals surface area contributed by atoms with Crippen molar-refractivity contribution in [3.8, 4) is 0 Å². The molecular weight excluding hydrogens is 265 g/mol. The van der Waals surface area contributed by atoms with Gasteiger partial charge in [0.15, 0.2) is 5.78 Å². The Morgan fingerprint density at radius 1 is 1.57 bits per heavy atom. The van der Waals surface area contributed by atoms with Crippen molar-refractivity contribution in [3.63, 3.8) is 0 Å². The molecule has 4 heteroatoms. The maximum absolute atomic E-state index is 11.6. The number of carbonyl (C=O) groups excluding carboxylic acids is 1. The Bertz CT molecular complexity index is 329. The molecule has 1 aromatic rings. The lowest BCUT2D eigenvalue weighted by molar-refractivity contribution is -0.119. The van der Waals surface area contributed by atoms with Crippen LogP contribution in [0.1, 0.15) is 19.5 Å². The smallest absolute Gasteiger partial charge is 0.154 e. The highest BCUT2D eigenvalue weighted by Crippen LogP contribution is 2.19. The predicted octanol–water partition coefficient (Wildman–Crippen LogP) is 3.02. The molecule has 0 saturated carbocycles. The van der Waals surface area contributed by atoms with Gasteiger partial charge in [-0.2, -0.15) is 0 Å². The van der Waals surface area contributed by atoms with Crippen molar-refractivity contribution < 1.29 is 4.79 Å². The van der Waals surface area contributed by atoms with Gasteiger partial charge < -0.3 is 0 Å². The fourth-order valence-electron chi connectivity index (χ4n) is 0.886. The first-order chi connectivity index (χ1) is 6.39. The van der Waals surface area contributed by atoms with Gasteiger partial charge in [-0.1, -0.05) is 27.5 Å². The van der Waals surface area contributed by atoms with E-state index in [2.05, 4.69) is 20.9 Å². The summed E-state index contributed by atoms with van der Waals surface area (Å²) in [5, 5.41) is 0.583. The van der Waals surface area contributed by atoms with Gasteiger partial charge in [0.2, 0.25) is 0 Å². The van der Waals surface area contributed by atoms with Crippen molar-refractivity contribution in [2.45, 2.75) is 24.6 Å². The van der Waals surface area contributed by atoms with Gasteiger partial charge in [0.25, 0.3) is 0 Å². The first kappa shape index (κ1) is 11.7. The number of pyridine rings is 1. The quantitative estimate of drug-likeness (QED) is 0.794. The summed E-state index contributed by atoms with van der Waals surface area (Å²) in [6, 6.07) is 3.50. The minimum Gasteiger partial charge on any atom is -0.298 e. The summed E-state index contributed by atoms with van der Waals surface area (Å²) in [4.78, 5) is 15.7. The average molecular weight is 277 g/mol. The van der Waals surface area contributed by atoms with Crippen molar-refractivity contribution in [1.82, 2.24) is 4.98 Å². The van der Waals surface area contributed by atoms with Crippen LogP contribution in [0.2, 0.25) is 5.02 Å². The minimum absolute atomic E-state index is 0.104. The standard InChI is InChI=1S/C10H11BrClNO/c1-10(2,11)9(14)5-8-4-3-7(12)6-13-8/h3-4,6H,5H2,1-2H3. The van der Waals surface area contributed by atoms with Crippen LogP contribution in [0.15, 0.2) is 18.3 Å². The predicted molar refractivity (Wildman–Crippen MR) is 61.0 cm³/mol. The third-order valence-electron chi connectivity index (χ3n) is 1.79. The number of hydrogen-bond donors (Lipinski definition) is 0. The molecular formula is C10H11BrClNO. The van der Waals surface area contributed by atoms with Gasteiger partial charge in [-0.15, -0.1) is 0 Å². The summed E-state index contributed by atoms with van der Waals surface area (Å²) in [5.74, 6) is 0.104. The lowest BCUT2D eigenvalue weighted by atomic mass is 10.0. The van der Waals surface area contributed by atoms with Crippen LogP contribution in [-0.2, 0) is 11.2 Å². The second-order valence-corrected chi connectivity index (χ2v) is 5.96. The fourth-order valence-corrected chi connectivity index (χ4v) is 1.14. The van der Waals surface area contributed by atoms with Crippen LogP contribution in [-0.4, -0.2) is 15.1 Å². The van der Waals surface area contributed by atoms with Crippen LogP contribution in [0, 0.1) is 0 Å². The topological polar surface area (TPSA) is 30.0 Å². The van der Waals surface area contributed by atoms with E-state index in [4.69, 9.17) is 11.6 Å². The van der Waals surface area contributed by atoms with Gasteiger partial charge in [0.1, 0.15) is 0 Å². The van der Waals surface area contributed by atoms with Crippen LogP contribution < -0.4 is 0 Å². The number of carbonyl (C=O) groups is 1. The molecule has 0 spiro atoms. The number of alkyl halides is 1. The van der Waals surface area contributed by atoms with Gasteiger partial charge in [-0.3, -0.25) is 9.78 Å². The highest BCUT2D eigenvalue weighted by atomic mass is 79.9. The third kappa shape index (κ3) is 3.39. The van der Waals surface area contributed by atoms with Gasteiger partial charge in [0, 0.05) is 11.9 Å². The molecule has 0 unspecified atom stereocenters. The van der Waals surface area contributed by atoms with Gasteiger partial charge >= 0.3 is 0 Å². The highest BCUT2D eigenvalue weighted by Gasteiger charge is 2.23. The molecule has 0 atom stereocenters. The fraction of sp³-hybridized carbons (Fsp3) is 0.400. The Labute approximate surface area is 96.8 Å². The largest absolute Gasteiger partial charge is 0.298 e. The summed E-state index contributed by atoms with van der Waals surface area (Å²) in [6.45, 7) is 3.65. The molecule has 2 nitrogen and oxygen atoms in total. The SMILES string of the molecule is CC(C)(Br)C(=O)Cc1ccc(Cl)cn1. The summed E-state index contributed by atoms with van der Waals surface area (Å²) in [7, 11) is 0. The molecule has 0 aromatic carbocycles. The molecule has 1 aromatic heterocycles. The zero-order valence-electron chi connectivity index (χ0n) is 8.05. The summed E-state index contributed by atoms with van der Waals surface area (Å²) in [5.41, 5.74) is 0.743. The van der Waals surface area contributed by atoms with Crippen molar-refractivity contribution >= 4 is 33.3 Å². The van der Waals surface area contributed by atoms with E-state index in [1.165, 1.54) is 0 Å². The maximum atomic E-state index is 11.6. The van der Waals surface area contributed by atoms with Crippen LogP contribution >= 0.6 is 27.5 Å². The van der Waals surface area contributed by atoms with Crippen molar-refractivity contribution in [3.05, 3.63) is 29.0 Å². The maximum Gasteiger partial charge on any atom is 0.154 e. The molecule has 1 rings (SSSR count). The van der Waals surface area contributed by atoms with Crippen molar-refractivity contribution in [1.29, 1.82) is 0 Å². The normalized spacial score (nSPS) is 11.4. The van der Waals surface area contributed by atoms with E-state index in [-0.39, 0.29) is 5.78 Å². The number of hydrogen-bond acceptors (Lipinski definition) is 2. The average Bonchev–Trinajstić information content (AvgIpc) is 2.07. The first-order valence-electron chi connectivity index (χ1n) is 4.22. The monoisotopic (exact) mass is 275 g/mol. The molecule has 0 fully saturated rings. The Kier molecular flexibility index (Phi) is 3.67. The van der Waals surface area contributed by atoms with Gasteiger partial charge in [-0.05, 0) is 26.0 Å². The molecule has 0 saturated heterocycles. The summed E-state index contributed by atoms with van der Waals surface area (Å²) >= 11 is 8.99. The molecule has 0 bridgehead atoms. The molecule has 1 heterocycles. The molecule has 14 heavy (non-hydrogen) atoms. The van der Waals surface area contributed by atoms with Crippen LogP contribution in [0.5, 0.6) is 0 Å². The number of Topliss-reactive ketones (excluding diaryl/α,β-unsaturated/α-hetero) is 1. The summed E-state index contributed by atoms with van der Waals surface area (Å²) in [6.07, 6.45) is 1.88. The molecule has 0 radical (unpaired) electrons. The Balaban J connectivity index is 2.71. The Morgan fingerprint density at radius 2 is 2.21 bits per heavy atom. The molecule has 0 aliphatic rings. The molecule has 0 N–H and O–H groups in total. The van der Waals surface area contributed by atoms with E-state index >= 15 is 0 Å². The van der Waals surface area contributed by atoms with Crippen LogP contribution in [0.4, 0.5) is 0 Å². The Hall–Kier alpha value is -0.410. The Morgan fingerprint density at radius 3 is 2.64 bits per heavy atom. The number of halogens is 2. The molecule has 76 valence electrons. The lowest BCUT2D eigenvalue weighted by Crippen LogP contribution is -2.26. The number of ketones is 1. The second kappa shape index (κ2) is 4.41. The van der Waals surface area contributed by atoms with E-state index in [9.17, 15) is 4.79 Å². The van der Waals surface area contributed by atoms with Crippen LogP contribution in [0.25, 0.3) is 0 Å². The molecule has 0 aliphatic carbocycles. The minimum atomic E-state index is -0.492. The van der Waals surface area contributed by atoms with E-state index < -0.39 is 4.32 Å². The lowest BCUT2D eigenvalue weighted by Gasteiger charge is -2.13. The van der Waals surface area contributed by atoms with E-state index in [0.29, 0.717) is 11.4 Å². The van der Waals surface area contributed by atoms with E-state index in [1.54, 1.807) is 18.3 Å². The molecule has 0 aliphatic heterocycles. The van der Waals surface area contributed by atoms with Crippen LogP contribution in [0.3, 0.4) is 0 Å². The van der Waals surface area contributed by atoms with E-state index in [0.717, 1.165) is 5.69 Å². The van der Waals surface area contributed by atoms with Crippen molar-refractivity contribution in [2.75, 3.05) is 0 Å². The zero-order valence-corrected chi connectivity index (χ0v) is 10.4. The summed E-state index contributed by atoms with van der Waals surface area (Å²) < 4.78 is -0.492. The third-order valence-corrected chi connectivity index (χ3v) is 2.46. The molecule has 0 amide bonds. The number of rotatable bonds is 3. The number of nitrogens with zero attached hydrogens (tertiary/aromatic N) is 1. The van der Waals surface area contributed by atoms with E-state index in [1.807, 2.05) is 13.8 Å². The zero-order chi connectivity index (χ0) is 10.8. The van der Waals surface area contributed by atoms with Gasteiger partial charge in [0.05, 0.1) is 15.8 Å². The first-order valence-corrected chi connectivity index (χ1v) is 5.39.